The van der Waals surface area contributed by atoms with E-state index >= 15 is 0 Å². The molecule has 1 nitrogen and oxygen atoms in total. The lowest BCUT2D eigenvalue weighted by molar-refractivity contribution is 0.112. The summed E-state index contributed by atoms with van der Waals surface area (Å²) in [6.07, 6.45) is 9.16. The van der Waals surface area contributed by atoms with Gasteiger partial charge in [-0.1, -0.05) is 48.5 Å². The number of carbonyl (C=O) groups excluding carboxylic acids is 1. The highest BCUT2D eigenvalue weighted by Crippen LogP contribution is 2.31. The molecule has 19 heavy (non-hydrogen) atoms. The van der Waals surface area contributed by atoms with E-state index in [1.807, 2.05) is 37.1 Å². The molecule has 0 heterocycles. The van der Waals surface area contributed by atoms with Gasteiger partial charge >= 0.3 is 0 Å². The molecule has 0 bridgehead atoms. The molecule has 0 aromatic heterocycles. The van der Waals surface area contributed by atoms with Gasteiger partial charge in [-0.3, -0.25) is 4.79 Å². The molecule has 0 spiro atoms. The first kappa shape index (κ1) is 12.2. The van der Waals surface area contributed by atoms with Crippen LogP contribution in [0.2, 0.25) is 0 Å². The third-order valence-corrected chi connectivity index (χ3v) is 3.26. The van der Waals surface area contributed by atoms with Crippen LogP contribution < -0.4 is 0 Å². The van der Waals surface area contributed by atoms with Crippen LogP contribution in [0.15, 0.2) is 48.5 Å². The van der Waals surface area contributed by atoms with Crippen LogP contribution in [-0.4, -0.2) is 6.29 Å². The van der Waals surface area contributed by atoms with Crippen LogP contribution in [-0.2, 0) is 0 Å². The van der Waals surface area contributed by atoms with Gasteiger partial charge in [-0.15, -0.1) is 0 Å². The van der Waals surface area contributed by atoms with E-state index in [0.29, 0.717) is 5.56 Å². The van der Waals surface area contributed by atoms with Crippen LogP contribution in [0.4, 0.5) is 0 Å². The first-order valence-corrected chi connectivity index (χ1v) is 6.24. The SMILES string of the molecule is O=Cc1ccc(-c2ccc([C]3[CH][CH][CH][CH]3)cc2)cc1. The van der Waals surface area contributed by atoms with Crippen LogP contribution in [0.25, 0.3) is 11.1 Å². The van der Waals surface area contributed by atoms with Gasteiger partial charge in [0.05, 0.1) is 0 Å². The molecule has 1 aliphatic carbocycles. The molecule has 0 unspecified atom stereocenters. The maximum Gasteiger partial charge on any atom is 0.150 e. The molecular weight excluding hydrogens is 232 g/mol. The van der Waals surface area contributed by atoms with Gasteiger partial charge in [-0.25, -0.2) is 0 Å². The van der Waals surface area contributed by atoms with E-state index in [-0.39, 0.29) is 0 Å². The van der Waals surface area contributed by atoms with Gasteiger partial charge in [-0.05, 0) is 42.4 Å². The van der Waals surface area contributed by atoms with E-state index in [4.69, 9.17) is 0 Å². The number of benzene rings is 2. The molecular formula is C18H13O. The Bertz CT molecular complexity index is 545. The summed E-state index contributed by atoms with van der Waals surface area (Å²) in [6, 6.07) is 16.1. The monoisotopic (exact) mass is 245 g/mol. The fourth-order valence-electron chi connectivity index (χ4n) is 2.18. The van der Waals surface area contributed by atoms with E-state index in [2.05, 4.69) is 37.1 Å². The van der Waals surface area contributed by atoms with Crippen molar-refractivity contribution in [3.05, 3.63) is 91.3 Å². The Morgan fingerprint density at radius 3 is 1.63 bits per heavy atom. The minimum Gasteiger partial charge on any atom is -0.298 e. The second-order valence-corrected chi connectivity index (χ2v) is 4.49. The smallest absolute Gasteiger partial charge is 0.150 e. The Morgan fingerprint density at radius 2 is 1.11 bits per heavy atom. The molecule has 0 saturated heterocycles. The maximum atomic E-state index is 10.6. The molecule has 3 rings (SSSR count). The van der Waals surface area contributed by atoms with Crippen LogP contribution in [0.1, 0.15) is 15.9 Å². The van der Waals surface area contributed by atoms with E-state index in [9.17, 15) is 4.79 Å². The predicted molar refractivity (Wildman–Crippen MR) is 76.8 cm³/mol. The zero-order valence-electron chi connectivity index (χ0n) is 10.4. The molecule has 1 fully saturated rings. The average Bonchev–Trinajstić information content (AvgIpc) is 3.02. The molecule has 0 N–H and O–H groups in total. The molecule has 5 radical (unpaired) electrons. The van der Waals surface area contributed by atoms with Gasteiger partial charge in [-0.2, -0.15) is 0 Å². The van der Waals surface area contributed by atoms with Crippen molar-refractivity contribution >= 4 is 6.29 Å². The molecule has 2 aromatic carbocycles. The van der Waals surface area contributed by atoms with E-state index in [1.54, 1.807) is 0 Å². The zero-order chi connectivity index (χ0) is 13.1. The van der Waals surface area contributed by atoms with Crippen molar-refractivity contribution in [3.63, 3.8) is 0 Å². The number of aldehydes is 1. The number of hydrogen-bond donors (Lipinski definition) is 0. The second-order valence-electron chi connectivity index (χ2n) is 4.49. The number of carbonyl (C=O) groups is 1. The summed E-state index contributed by atoms with van der Waals surface area (Å²) in [7, 11) is 0. The zero-order valence-corrected chi connectivity index (χ0v) is 10.4. The number of rotatable bonds is 3. The van der Waals surface area contributed by atoms with Crippen molar-refractivity contribution in [1.29, 1.82) is 0 Å². The lowest BCUT2D eigenvalue weighted by atomic mass is 9.95. The summed E-state index contributed by atoms with van der Waals surface area (Å²) in [6.45, 7) is 0. The average molecular weight is 245 g/mol. The van der Waals surface area contributed by atoms with Gasteiger partial charge in [0.25, 0.3) is 0 Å². The molecule has 0 atom stereocenters. The minimum atomic E-state index is 0.706. The standard InChI is InChI=1S/C18H13O/c19-13-14-5-7-16(8-6-14)18-11-9-17(10-12-18)15-3-1-2-4-15/h1-13H. The fourth-order valence-corrected chi connectivity index (χ4v) is 2.18. The molecule has 1 aliphatic rings. The Morgan fingerprint density at radius 1 is 0.632 bits per heavy atom. The van der Waals surface area contributed by atoms with E-state index in [1.165, 1.54) is 11.5 Å². The van der Waals surface area contributed by atoms with Crippen molar-refractivity contribution in [2.75, 3.05) is 0 Å². The first-order chi connectivity index (χ1) is 9.36. The normalized spacial score (nSPS) is 15.6. The van der Waals surface area contributed by atoms with Crippen molar-refractivity contribution in [2.45, 2.75) is 0 Å². The quantitative estimate of drug-likeness (QED) is 0.749. The molecule has 2 aromatic rings. The Kier molecular flexibility index (Phi) is 3.45. The highest BCUT2D eigenvalue weighted by molar-refractivity contribution is 5.77. The van der Waals surface area contributed by atoms with Crippen LogP contribution in [0.5, 0.6) is 0 Å². The third-order valence-electron chi connectivity index (χ3n) is 3.26. The molecule has 1 heteroatoms. The maximum absolute atomic E-state index is 10.6. The lowest BCUT2D eigenvalue weighted by Crippen LogP contribution is -1.94. The largest absolute Gasteiger partial charge is 0.298 e. The van der Waals surface area contributed by atoms with Crippen molar-refractivity contribution in [1.82, 2.24) is 0 Å². The van der Waals surface area contributed by atoms with Gasteiger partial charge < -0.3 is 0 Å². The Labute approximate surface area is 114 Å². The van der Waals surface area contributed by atoms with Crippen molar-refractivity contribution in [3.8, 4) is 11.1 Å². The van der Waals surface area contributed by atoms with Gasteiger partial charge in [0, 0.05) is 11.5 Å². The molecule has 1 saturated carbocycles. The summed E-state index contributed by atoms with van der Waals surface area (Å²) in [4.78, 5) is 10.6. The minimum absolute atomic E-state index is 0.706. The molecule has 91 valence electrons. The molecule has 0 aliphatic heterocycles. The van der Waals surface area contributed by atoms with Gasteiger partial charge in [0.15, 0.2) is 0 Å². The van der Waals surface area contributed by atoms with Crippen LogP contribution in [0.3, 0.4) is 0 Å². The van der Waals surface area contributed by atoms with Crippen molar-refractivity contribution < 1.29 is 4.79 Å². The van der Waals surface area contributed by atoms with Crippen molar-refractivity contribution in [2.24, 2.45) is 0 Å². The third kappa shape index (κ3) is 2.60. The predicted octanol–water partition coefficient (Wildman–Crippen LogP) is 3.92. The highest BCUT2D eigenvalue weighted by atomic mass is 16.1. The molecule has 0 amide bonds. The topological polar surface area (TPSA) is 17.1 Å². The summed E-state index contributed by atoms with van der Waals surface area (Å²) >= 11 is 0. The highest BCUT2D eigenvalue weighted by Gasteiger charge is 2.18. The Balaban J connectivity index is 1.82. The van der Waals surface area contributed by atoms with E-state index in [0.717, 1.165) is 17.4 Å². The summed E-state index contributed by atoms with van der Waals surface area (Å²) in [5.41, 5.74) is 4.21. The fraction of sp³-hybridized carbons (Fsp3) is 0. The first-order valence-electron chi connectivity index (χ1n) is 6.24. The van der Waals surface area contributed by atoms with Gasteiger partial charge in [0.1, 0.15) is 6.29 Å². The van der Waals surface area contributed by atoms with Crippen LogP contribution >= 0.6 is 0 Å². The summed E-state index contributed by atoms with van der Waals surface area (Å²) < 4.78 is 0. The summed E-state index contributed by atoms with van der Waals surface area (Å²) in [5, 5.41) is 0. The van der Waals surface area contributed by atoms with Gasteiger partial charge in [0.2, 0.25) is 0 Å². The number of hydrogen-bond acceptors (Lipinski definition) is 1. The lowest BCUT2D eigenvalue weighted by Gasteiger charge is -2.09. The van der Waals surface area contributed by atoms with E-state index < -0.39 is 0 Å². The van der Waals surface area contributed by atoms with Crippen LogP contribution in [0, 0.1) is 31.6 Å². The summed E-state index contributed by atoms with van der Waals surface area (Å²) in [5.74, 6) is 1.24. The second kappa shape index (κ2) is 5.40. The Hall–Kier alpha value is -1.89.